The summed E-state index contributed by atoms with van der Waals surface area (Å²) in [6.45, 7) is 0. The van der Waals surface area contributed by atoms with Gasteiger partial charge in [-0.05, 0) is 23.8 Å². The number of rotatable bonds is 6. The van der Waals surface area contributed by atoms with Crippen LogP contribution in [-0.4, -0.2) is 17.2 Å². The number of thiazole rings is 1. The highest BCUT2D eigenvalue weighted by atomic mass is 32.1. The molecule has 4 heteroatoms. The van der Waals surface area contributed by atoms with Crippen LogP contribution < -0.4 is 4.74 Å². The summed E-state index contributed by atoms with van der Waals surface area (Å²) in [5.74, 6) is 0.650. The second-order valence-corrected chi connectivity index (χ2v) is 7.60. The van der Waals surface area contributed by atoms with Gasteiger partial charge in [0.15, 0.2) is 0 Å². The first-order chi connectivity index (χ1) is 13.7. The standard InChI is InChI=1S/C24H21NO2S/c1-27-21-15-7-5-13-19(21)24(26,17-9-12-18-10-3-2-4-11-18)23-25-20-14-6-8-16-22(20)28-23/h2-16,26H,17H2,1H3/b12-9+. The maximum Gasteiger partial charge on any atom is 0.148 e. The number of aliphatic hydroxyl groups is 1. The van der Waals surface area contributed by atoms with Crippen molar-refractivity contribution in [1.82, 2.24) is 4.98 Å². The van der Waals surface area contributed by atoms with Gasteiger partial charge in [0.1, 0.15) is 16.4 Å². The van der Waals surface area contributed by atoms with Crippen molar-refractivity contribution < 1.29 is 9.84 Å². The Balaban J connectivity index is 1.79. The molecule has 0 saturated heterocycles. The summed E-state index contributed by atoms with van der Waals surface area (Å²) in [6.07, 6.45) is 4.41. The molecular formula is C24H21NO2S. The Morgan fingerprint density at radius 2 is 1.68 bits per heavy atom. The predicted molar refractivity (Wildman–Crippen MR) is 116 cm³/mol. The molecule has 0 aliphatic heterocycles. The molecule has 1 atom stereocenters. The van der Waals surface area contributed by atoms with E-state index < -0.39 is 5.60 Å². The SMILES string of the molecule is COc1ccccc1C(O)(C/C=C/c1ccccc1)c1nc2ccccc2s1. The maximum atomic E-state index is 11.9. The van der Waals surface area contributed by atoms with Crippen molar-refractivity contribution in [2.24, 2.45) is 0 Å². The molecule has 0 saturated carbocycles. The van der Waals surface area contributed by atoms with Crippen molar-refractivity contribution in [2.75, 3.05) is 7.11 Å². The number of methoxy groups -OCH3 is 1. The molecule has 3 aromatic carbocycles. The van der Waals surface area contributed by atoms with Crippen LogP contribution in [0.3, 0.4) is 0 Å². The quantitative estimate of drug-likeness (QED) is 0.465. The molecule has 1 unspecified atom stereocenters. The zero-order chi connectivity index (χ0) is 19.4. The smallest absolute Gasteiger partial charge is 0.148 e. The number of para-hydroxylation sites is 2. The van der Waals surface area contributed by atoms with E-state index in [1.165, 1.54) is 11.3 Å². The van der Waals surface area contributed by atoms with E-state index in [1.807, 2.05) is 91.0 Å². The second kappa shape index (κ2) is 7.97. The molecule has 28 heavy (non-hydrogen) atoms. The number of aromatic nitrogens is 1. The van der Waals surface area contributed by atoms with Crippen molar-refractivity contribution in [2.45, 2.75) is 12.0 Å². The van der Waals surface area contributed by atoms with Gasteiger partial charge < -0.3 is 9.84 Å². The van der Waals surface area contributed by atoms with Crippen LogP contribution in [0.15, 0.2) is 84.9 Å². The van der Waals surface area contributed by atoms with Crippen LogP contribution in [0.4, 0.5) is 0 Å². The molecule has 1 N–H and O–H groups in total. The lowest BCUT2D eigenvalue weighted by molar-refractivity contribution is 0.0812. The molecule has 3 nitrogen and oxygen atoms in total. The molecule has 0 aliphatic carbocycles. The molecule has 4 aromatic rings. The van der Waals surface area contributed by atoms with Crippen molar-refractivity contribution in [3.63, 3.8) is 0 Å². The van der Waals surface area contributed by atoms with E-state index in [-0.39, 0.29) is 0 Å². The van der Waals surface area contributed by atoms with Gasteiger partial charge in [0.25, 0.3) is 0 Å². The molecule has 1 heterocycles. The zero-order valence-corrected chi connectivity index (χ0v) is 16.4. The fourth-order valence-corrected chi connectivity index (χ4v) is 4.36. The molecule has 0 fully saturated rings. The summed E-state index contributed by atoms with van der Waals surface area (Å²) in [5, 5.41) is 12.5. The summed E-state index contributed by atoms with van der Waals surface area (Å²) in [4.78, 5) is 4.74. The highest BCUT2D eigenvalue weighted by Crippen LogP contribution is 2.41. The molecule has 0 spiro atoms. The van der Waals surface area contributed by atoms with Gasteiger partial charge in [-0.2, -0.15) is 0 Å². The fourth-order valence-electron chi connectivity index (χ4n) is 3.28. The maximum absolute atomic E-state index is 11.9. The first-order valence-electron chi connectivity index (χ1n) is 9.14. The Morgan fingerprint density at radius 1 is 0.964 bits per heavy atom. The number of benzene rings is 3. The highest BCUT2D eigenvalue weighted by molar-refractivity contribution is 7.18. The minimum Gasteiger partial charge on any atom is -0.496 e. The third kappa shape index (κ3) is 3.57. The minimum absolute atomic E-state index is 0.391. The number of nitrogens with zero attached hydrogens (tertiary/aromatic N) is 1. The van der Waals surface area contributed by atoms with Crippen molar-refractivity contribution >= 4 is 27.6 Å². The van der Waals surface area contributed by atoms with Crippen molar-refractivity contribution in [3.8, 4) is 5.75 Å². The van der Waals surface area contributed by atoms with Crippen LogP contribution in [-0.2, 0) is 5.60 Å². The number of ether oxygens (including phenoxy) is 1. The van der Waals surface area contributed by atoms with Gasteiger partial charge in [-0.15, -0.1) is 11.3 Å². The summed E-state index contributed by atoms with van der Waals surface area (Å²) < 4.78 is 6.60. The fraction of sp³-hybridized carbons (Fsp3) is 0.125. The van der Waals surface area contributed by atoms with Gasteiger partial charge in [-0.1, -0.05) is 72.8 Å². The van der Waals surface area contributed by atoms with Crippen LogP contribution in [0.25, 0.3) is 16.3 Å². The van der Waals surface area contributed by atoms with Gasteiger partial charge in [0, 0.05) is 12.0 Å². The van der Waals surface area contributed by atoms with E-state index in [0.717, 1.165) is 15.8 Å². The lowest BCUT2D eigenvalue weighted by Crippen LogP contribution is -2.27. The van der Waals surface area contributed by atoms with Crippen LogP contribution in [0.1, 0.15) is 22.6 Å². The Kier molecular flexibility index (Phi) is 5.24. The molecule has 0 bridgehead atoms. The Hall–Kier alpha value is -2.95. The summed E-state index contributed by atoms with van der Waals surface area (Å²) >= 11 is 1.51. The lowest BCUT2D eigenvalue weighted by atomic mass is 9.89. The van der Waals surface area contributed by atoms with Crippen molar-refractivity contribution in [1.29, 1.82) is 0 Å². The third-order valence-electron chi connectivity index (χ3n) is 4.72. The van der Waals surface area contributed by atoms with Gasteiger partial charge >= 0.3 is 0 Å². The molecule has 1 aromatic heterocycles. The monoisotopic (exact) mass is 387 g/mol. The van der Waals surface area contributed by atoms with Crippen LogP contribution in [0, 0.1) is 0 Å². The van der Waals surface area contributed by atoms with Crippen molar-refractivity contribution in [3.05, 3.63) is 101 Å². The largest absolute Gasteiger partial charge is 0.496 e. The first-order valence-corrected chi connectivity index (χ1v) is 9.96. The Morgan fingerprint density at radius 3 is 2.46 bits per heavy atom. The zero-order valence-electron chi connectivity index (χ0n) is 15.6. The first kappa shape index (κ1) is 18.4. The molecule has 4 rings (SSSR count). The average molecular weight is 388 g/mol. The molecular weight excluding hydrogens is 366 g/mol. The van der Waals surface area contributed by atoms with Gasteiger partial charge in [0.2, 0.25) is 0 Å². The van der Waals surface area contributed by atoms with E-state index in [0.29, 0.717) is 22.7 Å². The van der Waals surface area contributed by atoms with Crippen LogP contribution >= 0.6 is 11.3 Å². The molecule has 0 aliphatic rings. The van der Waals surface area contributed by atoms with Gasteiger partial charge in [-0.25, -0.2) is 4.98 Å². The summed E-state index contributed by atoms with van der Waals surface area (Å²) in [5.41, 5.74) is 1.42. The Labute approximate surface area is 168 Å². The van der Waals surface area contributed by atoms with Crippen LogP contribution in [0.2, 0.25) is 0 Å². The van der Waals surface area contributed by atoms with Crippen LogP contribution in [0.5, 0.6) is 5.75 Å². The minimum atomic E-state index is -1.28. The predicted octanol–water partition coefficient (Wildman–Crippen LogP) is 5.64. The van der Waals surface area contributed by atoms with E-state index in [9.17, 15) is 5.11 Å². The number of hydrogen-bond acceptors (Lipinski definition) is 4. The molecule has 0 radical (unpaired) electrons. The highest BCUT2D eigenvalue weighted by Gasteiger charge is 2.36. The van der Waals surface area contributed by atoms with E-state index in [1.54, 1.807) is 7.11 Å². The topological polar surface area (TPSA) is 42.4 Å². The van der Waals surface area contributed by atoms with E-state index in [4.69, 9.17) is 9.72 Å². The third-order valence-corrected chi connectivity index (χ3v) is 5.91. The average Bonchev–Trinajstić information content (AvgIpc) is 3.19. The second-order valence-electron chi connectivity index (χ2n) is 6.56. The van der Waals surface area contributed by atoms with E-state index >= 15 is 0 Å². The molecule has 140 valence electrons. The summed E-state index contributed by atoms with van der Waals surface area (Å²) in [6, 6.07) is 25.6. The molecule has 0 amide bonds. The van der Waals surface area contributed by atoms with E-state index in [2.05, 4.69) is 0 Å². The number of fused-ring (bicyclic) bond motifs is 1. The number of hydrogen-bond donors (Lipinski definition) is 1. The van der Waals surface area contributed by atoms with Gasteiger partial charge in [0.05, 0.1) is 17.3 Å². The normalized spacial score (nSPS) is 13.6. The van der Waals surface area contributed by atoms with Gasteiger partial charge in [-0.3, -0.25) is 0 Å². The summed E-state index contributed by atoms with van der Waals surface area (Å²) in [7, 11) is 1.62. The Bertz CT molecular complexity index is 1070. The lowest BCUT2D eigenvalue weighted by Gasteiger charge is -2.27.